The van der Waals surface area contributed by atoms with E-state index in [1.54, 1.807) is 6.07 Å². The Morgan fingerprint density at radius 1 is 1.44 bits per heavy atom. The lowest BCUT2D eigenvalue weighted by Crippen LogP contribution is -2.31. The number of hydrogen-bond donors (Lipinski definition) is 2. The van der Waals surface area contributed by atoms with Gasteiger partial charge in [0.05, 0.1) is 0 Å². The van der Waals surface area contributed by atoms with E-state index in [-0.39, 0.29) is 12.4 Å². The van der Waals surface area contributed by atoms with Gasteiger partial charge < -0.3 is 10.6 Å². The third-order valence-corrected chi connectivity index (χ3v) is 3.63. The molecule has 0 amide bonds. The number of halogens is 2. The predicted octanol–water partition coefficient (Wildman–Crippen LogP) is 2.69. The second kappa shape index (κ2) is 8.04. The zero-order valence-corrected chi connectivity index (χ0v) is 12.7. The molecule has 1 aliphatic rings. The molecule has 1 fully saturated rings. The summed E-state index contributed by atoms with van der Waals surface area (Å²) in [6.07, 6.45) is 4.39. The van der Waals surface area contributed by atoms with Crippen molar-refractivity contribution in [3.8, 4) is 0 Å². The van der Waals surface area contributed by atoms with Crippen LogP contribution in [0, 0.1) is 5.92 Å². The van der Waals surface area contributed by atoms with Gasteiger partial charge in [-0.2, -0.15) is 0 Å². The molecule has 2 rings (SSSR count). The molecule has 7 heteroatoms. The molecule has 1 aliphatic heterocycles. The minimum Gasteiger partial charge on any atom is -0.370 e. The van der Waals surface area contributed by atoms with Crippen LogP contribution in [-0.4, -0.2) is 35.9 Å². The maximum absolute atomic E-state index is 5.94. The Kier molecular flexibility index (Phi) is 7.07. The second-order valence-electron chi connectivity index (χ2n) is 4.14. The molecule has 0 bridgehead atoms. The molecule has 0 aliphatic carbocycles. The molecule has 4 nitrogen and oxygen atoms in total. The van der Waals surface area contributed by atoms with Crippen molar-refractivity contribution in [3.63, 3.8) is 0 Å². The van der Waals surface area contributed by atoms with E-state index in [2.05, 4.69) is 20.6 Å². The van der Waals surface area contributed by atoms with Crippen molar-refractivity contribution in [1.29, 1.82) is 0 Å². The maximum atomic E-state index is 5.94. The monoisotopic (exact) mass is 308 g/mol. The average molecular weight is 309 g/mol. The smallest absolute Gasteiger partial charge is 0.190 e. The molecule has 102 valence electrons. The summed E-state index contributed by atoms with van der Waals surface area (Å²) in [5.74, 6) is 1.55. The van der Waals surface area contributed by atoms with E-state index < -0.39 is 0 Å². The Morgan fingerprint density at radius 3 is 2.83 bits per heavy atom. The Morgan fingerprint density at radius 2 is 2.17 bits per heavy atom. The molecule has 1 saturated heterocycles. The maximum Gasteiger partial charge on any atom is 0.190 e. The first kappa shape index (κ1) is 15.8. The molecule has 0 aromatic carbocycles. The number of rotatable bonds is 4. The van der Waals surface area contributed by atoms with Crippen molar-refractivity contribution in [2.45, 2.75) is 18.0 Å². The number of hydrogen-bond acceptors (Lipinski definition) is 5. The van der Waals surface area contributed by atoms with Crippen LogP contribution in [0.25, 0.3) is 0 Å². The summed E-state index contributed by atoms with van der Waals surface area (Å²) < 4.78 is 0. The molecule has 0 radical (unpaired) electrons. The van der Waals surface area contributed by atoms with Crippen LogP contribution in [0.15, 0.2) is 11.2 Å². The predicted molar refractivity (Wildman–Crippen MR) is 80.2 cm³/mol. The van der Waals surface area contributed by atoms with Gasteiger partial charge in [-0.15, -0.1) is 12.4 Å². The van der Waals surface area contributed by atoms with Gasteiger partial charge in [-0.1, -0.05) is 23.4 Å². The summed E-state index contributed by atoms with van der Waals surface area (Å²) in [6, 6.07) is 1.78. The van der Waals surface area contributed by atoms with Gasteiger partial charge in [-0.25, -0.2) is 9.97 Å². The number of piperidine rings is 1. The molecule has 2 heterocycles. The van der Waals surface area contributed by atoms with Crippen LogP contribution in [0.2, 0.25) is 5.15 Å². The lowest BCUT2D eigenvalue weighted by atomic mass is 9.98. The lowest BCUT2D eigenvalue weighted by Gasteiger charge is -2.23. The summed E-state index contributed by atoms with van der Waals surface area (Å²) in [7, 11) is 0. The Balaban J connectivity index is 0.00000162. The quantitative estimate of drug-likeness (QED) is 0.509. The molecule has 2 N–H and O–H groups in total. The molecule has 1 aromatic rings. The fraction of sp³-hybridized carbons (Fsp3) is 0.636. The van der Waals surface area contributed by atoms with Crippen molar-refractivity contribution in [1.82, 2.24) is 15.3 Å². The van der Waals surface area contributed by atoms with E-state index >= 15 is 0 Å². The lowest BCUT2D eigenvalue weighted by molar-refractivity contribution is 0.389. The minimum atomic E-state index is 0. The first-order valence-electron chi connectivity index (χ1n) is 5.81. The zero-order chi connectivity index (χ0) is 12.1. The normalized spacial score (nSPS) is 16.1. The van der Waals surface area contributed by atoms with Gasteiger partial charge in [0.25, 0.3) is 0 Å². The van der Waals surface area contributed by atoms with E-state index in [1.165, 1.54) is 24.6 Å². The standard InChI is InChI=1S/C11H17ClN4S.ClH/c1-17-11-15-9(12)6-10(16-11)14-7-8-2-4-13-5-3-8;/h6,8,13H,2-5,7H2,1H3,(H,14,15,16);1H. The van der Waals surface area contributed by atoms with Crippen LogP contribution < -0.4 is 10.6 Å². The molecular weight excluding hydrogens is 291 g/mol. The summed E-state index contributed by atoms with van der Waals surface area (Å²) >= 11 is 7.44. The van der Waals surface area contributed by atoms with Gasteiger partial charge in [0, 0.05) is 12.6 Å². The molecule has 1 aromatic heterocycles. The number of nitrogens with zero attached hydrogens (tertiary/aromatic N) is 2. The number of aromatic nitrogens is 2. The molecule has 0 spiro atoms. The largest absolute Gasteiger partial charge is 0.370 e. The van der Waals surface area contributed by atoms with E-state index in [9.17, 15) is 0 Å². The third-order valence-electron chi connectivity index (χ3n) is 2.89. The van der Waals surface area contributed by atoms with Gasteiger partial charge in [-0.3, -0.25) is 0 Å². The number of thioether (sulfide) groups is 1. The van der Waals surface area contributed by atoms with Gasteiger partial charge in [0.1, 0.15) is 11.0 Å². The van der Waals surface area contributed by atoms with Crippen molar-refractivity contribution < 1.29 is 0 Å². The SMILES string of the molecule is CSc1nc(Cl)cc(NCC2CCNCC2)n1.Cl. The average Bonchev–Trinajstić information content (AvgIpc) is 2.37. The molecule has 18 heavy (non-hydrogen) atoms. The van der Waals surface area contributed by atoms with Gasteiger partial charge in [0.2, 0.25) is 0 Å². The molecule has 0 atom stereocenters. The Hall–Kier alpha value is -0.230. The highest BCUT2D eigenvalue weighted by atomic mass is 35.5. The summed E-state index contributed by atoms with van der Waals surface area (Å²) in [5, 5.41) is 7.93. The highest BCUT2D eigenvalue weighted by molar-refractivity contribution is 7.98. The highest BCUT2D eigenvalue weighted by Gasteiger charge is 2.13. The van der Waals surface area contributed by atoms with Crippen molar-refractivity contribution in [2.75, 3.05) is 31.2 Å². The van der Waals surface area contributed by atoms with Gasteiger partial charge >= 0.3 is 0 Å². The van der Waals surface area contributed by atoms with Crippen LogP contribution in [0.3, 0.4) is 0 Å². The van der Waals surface area contributed by atoms with E-state index in [0.29, 0.717) is 10.3 Å². The fourth-order valence-electron chi connectivity index (χ4n) is 1.91. The van der Waals surface area contributed by atoms with Crippen LogP contribution in [-0.2, 0) is 0 Å². The third kappa shape index (κ3) is 4.80. The van der Waals surface area contributed by atoms with Crippen LogP contribution in [0.5, 0.6) is 0 Å². The van der Waals surface area contributed by atoms with Crippen molar-refractivity contribution in [3.05, 3.63) is 11.2 Å². The van der Waals surface area contributed by atoms with Crippen molar-refractivity contribution in [2.24, 2.45) is 5.92 Å². The highest BCUT2D eigenvalue weighted by Crippen LogP contribution is 2.18. The zero-order valence-electron chi connectivity index (χ0n) is 10.3. The molecular formula is C11H18Cl2N4S. The fourth-order valence-corrected chi connectivity index (χ4v) is 2.53. The Bertz CT molecular complexity index is 372. The van der Waals surface area contributed by atoms with Crippen molar-refractivity contribution >= 4 is 41.6 Å². The number of nitrogens with one attached hydrogen (secondary N) is 2. The van der Waals surface area contributed by atoms with E-state index in [1.807, 2.05) is 6.26 Å². The Labute approximate surface area is 123 Å². The number of anilines is 1. The van der Waals surface area contributed by atoms with E-state index in [4.69, 9.17) is 11.6 Å². The minimum absolute atomic E-state index is 0. The van der Waals surface area contributed by atoms with Crippen LogP contribution in [0.1, 0.15) is 12.8 Å². The summed E-state index contributed by atoms with van der Waals surface area (Å²) in [6.45, 7) is 3.20. The topological polar surface area (TPSA) is 49.8 Å². The molecule has 0 unspecified atom stereocenters. The van der Waals surface area contributed by atoms with Crippen LogP contribution >= 0.6 is 35.8 Å². The first-order chi connectivity index (χ1) is 8.28. The first-order valence-corrected chi connectivity index (χ1v) is 7.41. The van der Waals surface area contributed by atoms with Gasteiger partial charge in [0.15, 0.2) is 5.16 Å². The second-order valence-corrected chi connectivity index (χ2v) is 5.30. The van der Waals surface area contributed by atoms with Crippen LogP contribution in [0.4, 0.5) is 5.82 Å². The summed E-state index contributed by atoms with van der Waals surface area (Å²) in [4.78, 5) is 8.49. The summed E-state index contributed by atoms with van der Waals surface area (Å²) in [5.41, 5.74) is 0. The van der Waals surface area contributed by atoms with Gasteiger partial charge in [-0.05, 0) is 38.1 Å². The van der Waals surface area contributed by atoms with E-state index in [0.717, 1.165) is 31.4 Å². The molecule has 0 saturated carbocycles.